The minimum Gasteiger partial charge on any atom is -0.497 e. The average molecular weight is 245 g/mol. The normalized spacial score (nSPS) is 19.8. The van der Waals surface area contributed by atoms with Gasteiger partial charge in [0.25, 0.3) is 0 Å². The van der Waals surface area contributed by atoms with Crippen molar-refractivity contribution in [2.24, 2.45) is 0 Å². The summed E-state index contributed by atoms with van der Waals surface area (Å²) in [5.41, 5.74) is 2.78. The molecule has 1 atom stereocenters. The van der Waals surface area contributed by atoms with Gasteiger partial charge in [0.1, 0.15) is 5.75 Å². The molecule has 0 bridgehead atoms. The lowest BCUT2D eigenvalue weighted by Gasteiger charge is -2.22. The number of benzene rings is 1. The van der Waals surface area contributed by atoms with E-state index in [4.69, 9.17) is 4.74 Å². The molecule has 2 nitrogen and oxygen atoms in total. The first kappa shape index (κ1) is 13.2. The quantitative estimate of drug-likeness (QED) is 0.751. The molecule has 18 heavy (non-hydrogen) atoms. The molecule has 1 heterocycles. The number of hydrogen-bond acceptors (Lipinski definition) is 2. The summed E-state index contributed by atoms with van der Waals surface area (Å²) >= 11 is 0. The van der Waals surface area contributed by atoms with Crippen LogP contribution < -0.4 is 4.74 Å². The summed E-state index contributed by atoms with van der Waals surface area (Å²) in [6.07, 6.45) is 5.00. The second kappa shape index (κ2) is 6.05. The second-order valence-corrected chi connectivity index (χ2v) is 5.27. The van der Waals surface area contributed by atoms with Crippen molar-refractivity contribution >= 4 is 0 Å². The maximum atomic E-state index is 5.19. The van der Waals surface area contributed by atoms with Crippen LogP contribution in [0.2, 0.25) is 0 Å². The van der Waals surface area contributed by atoms with E-state index in [9.17, 15) is 0 Å². The highest BCUT2D eigenvalue weighted by molar-refractivity contribution is 5.27. The molecule has 0 N–H and O–H groups in total. The summed E-state index contributed by atoms with van der Waals surface area (Å²) in [5.74, 6) is 0.932. The molecule has 1 saturated heterocycles. The summed E-state index contributed by atoms with van der Waals surface area (Å²) < 4.78 is 5.19. The molecule has 1 unspecified atom stereocenters. The number of ether oxygens (including phenoxy) is 1. The van der Waals surface area contributed by atoms with Crippen LogP contribution in [0.3, 0.4) is 0 Å². The van der Waals surface area contributed by atoms with Gasteiger partial charge in [-0.05, 0) is 50.9 Å². The molecule has 1 aliphatic heterocycles. The van der Waals surface area contributed by atoms with E-state index in [1.807, 2.05) is 12.1 Å². The van der Waals surface area contributed by atoms with E-state index in [1.165, 1.54) is 30.5 Å². The highest BCUT2D eigenvalue weighted by Gasteiger charge is 2.22. The number of allylic oxidation sites excluding steroid dienone is 1. The Hall–Kier alpha value is -1.28. The van der Waals surface area contributed by atoms with Crippen molar-refractivity contribution in [3.63, 3.8) is 0 Å². The minimum atomic E-state index is 0.622. The van der Waals surface area contributed by atoms with Gasteiger partial charge in [0.2, 0.25) is 0 Å². The van der Waals surface area contributed by atoms with Gasteiger partial charge in [-0.1, -0.05) is 23.8 Å². The predicted molar refractivity (Wildman–Crippen MR) is 75.9 cm³/mol. The molecule has 1 aliphatic rings. The van der Waals surface area contributed by atoms with Crippen LogP contribution in [-0.2, 0) is 6.54 Å². The molecule has 0 radical (unpaired) electrons. The van der Waals surface area contributed by atoms with E-state index in [0.717, 1.165) is 12.3 Å². The van der Waals surface area contributed by atoms with Crippen molar-refractivity contribution in [1.29, 1.82) is 0 Å². The third-order valence-corrected chi connectivity index (χ3v) is 3.48. The zero-order valence-corrected chi connectivity index (χ0v) is 11.6. The Morgan fingerprint density at radius 1 is 1.33 bits per heavy atom. The van der Waals surface area contributed by atoms with Crippen LogP contribution >= 0.6 is 0 Å². The van der Waals surface area contributed by atoms with Crippen LogP contribution in [0.4, 0.5) is 0 Å². The van der Waals surface area contributed by atoms with Gasteiger partial charge in [-0.3, -0.25) is 4.90 Å². The van der Waals surface area contributed by atoms with E-state index >= 15 is 0 Å². The number of methoxy groups -OCH3 is 1. The topological polar surface area (TPSA) is 12.5 Å². The first-order valence-electron chi connectivity index (χ1n) is 6.71. The van der Waals surface area contributed by atoms with E-state index in [2.05, 4.69) is 37.0 Å². The fourth-order valence-electron chi connectivity index (χ4n) is 2.59. The maximum absolute atomic E-state index is 5.19. The molecule has 0 spiro atoms. The molecule has 2 heteroatoms. The molecule has 1 aromatic rings. The lowest BCUT2D eigenvalue weighted by atomic mass is 10.1. The Morgan fingerprint density at radius 3 is 2.67 bits per heavy atom. The summed E-state index contributed by atoms with van der Waals surface area (Å²) in [4.78, 5) is 2.56. The SMILES string of the molecule is COc1ccc(CN2CCCC2C=C(C)C)cc1. The second-order valence-electron chi connectivity index (χ2n) is 5.27. The van der Waals surface area contributed by atoms with Gasteiger partial charge >= 0.3 is 0 Å². The first-order valence-corrected chi connectivity index (χ1v) is 6.71. The fourth-order valence-corrected chi connectivity index (χ4v) is 2.59. The monoisotopic (exact) mass is 245 g/mol. The van der Waals surface area contributed by atoms with Crippen molar-refractivity contribution in [1.82, 2.24) is 4.90 Å². The van der Waals surface area contributed by atoms with E-state index in [-0.39, 0.29) is 0 Å². The van der Waals surface area contributed by atoms with Gasteiger partial charge in [0.05, 0.1) is 7.11 Å². The standard InChI is InChI=1S/C16H23NO/c1-13(2)11-15-5-4-10-17(15)12-14-6-8-16(18-3)9-7-14/h6-9,11,15H,4-5,10,12H2,1-3H3. The lowest BCUT2D eigenvalue weighted by Crippen LogP contribution is -2.27. The summed E-state index contributed by atoms with van der Waals surface area (Å²) in [7, 11) is 1.71. The molecule has 2 rings (SSSR count). The Morgan fingerprint density at radius 2 is 2.06 bits per heavy atom. The van der Waals surface area contributed by atoms with Crippen molar-refractivity contribution in [2.45, 2.75) is 39.3 Å². The molecule has 1 fully saturated rings. The Bertz CT molecular complexity index is 404. The van der Waals surface area contributed by atoms with Crippen LogP contribution in [0.1, 0.15) is 32.3 Å². The third kappa shape index (κ3) is 3.36. The predicted octanol–water partition coefficient (Wildman–Crippen LogP) is 3.63. The zero-order chi connectivity index (χ0) is 13.0. The minimum absolute atomic E-state index is 0.622. The number of nitrogens with zero attached hydrogens (tertiary/aromatic N) is 1. The van der Waals surface area contributed by atoms with Crippen molar-refractivity contribution in [3.05, 3.63) is 41.5 Å². The summed E-state index contributed by atoms with van der Waals surface area (Å²) in [6.45, 7) is 6.62. The zero-order valence-electron chi connectivity index (χ0n) is 11.6. The molecule has 0 aliphatic carbocycles. The summed E-state index contributed by atoms with van der Waals surface area (Å²) in [5, 5.41) is 0. The highest BCUT2D eigenvalue weighted by atomic mass is 16.5. The van der Waals surface area contributed by atoms with Crippen molar-refractivity contribution < 1.29 is 4.74 Å². The maximum Gasteiger partial charge on any atom is 0.118 e. The number of rotatable bonds is 4. The van der Waals surface area contributed by atoms with E-state index in [0.29, 0.717) is 6.04 Å². The van der Waals surface area contributed by atoms with Crippen LogP contribution in [0.15, 0.2) is 35.9 Å². The smallest absolute Gasteiger partial charge is 0.118 e. The molecule has 98 valence electrons. The molecular formula is C16H23NO. The molecule has 0 aromatic heterocycles. The van der Waals surface area contributed by atoms with Gasteiger partial charge < -0.3 is 4.74 Å². The number of hydrogen-bond donors (Lipinski definition) is 0. The first-order chi connectivity index (χ1) is 8.69. The van der Waals surface area contributed by atoms with Crippen molar-refractivity contribution in [3.8, 4) is 5.75 Å². The Kier molecular flexibility index (Phi) is 4.43. The Labute approximate surface area is 110 Å². The fraction of sp³-hybridized carbons (Fsp3) is 0.500. The molecule has 1 aromatic carbocycles. The van der Waals surface area contributed by atoms with E-state index in [1.54, 1.807) is 7.11 Å². The molecule has 0 saturated carbocycles. The van der Waals surface area contributed by atoms with Crippen molar-refractivity contribution in [2.75, 3.05) is 13.7 Å². The van der Waals surface area contributed by atoms with Crippen LogP contribution in [-0.4, -0.2) is 24.6 Å². The van der Waals surface area contributed by atoms with Gasteiger partial charge in [-0.25, -0.2) is 0 Å². The van der Waals surface area contributed by atoms with Crippen LogP contribution in [0, 0.1) is 0 Å². The Balaban J connectivity index is 2.01. The van der Waals surface area contributed by atoms with Crippen LogP contribution in [0.5, 0.6) is 5.75 Å². The highest BCUT2D eigenvalue weighted by Crippen LogP contribution is 2.22. The lowest BCUT2D eigenvalue weighted by molar-refractivity contribution is 0.280. The summed E-state index contributed by atoms with van der Waals surface area (Å²) in [6, 6.07) is 9.04. The molecule has 0 amide bonds. The van der Waals surface area contributed by atoms with Gasteiger partial charge in [0.15, 0.2) is 0 Å². The largest absolute Gasteiger partial charge is 0.497 e. The van der Waals surface area contributed by atoms with Gasteiger partial charge in [-0.2, -0.15) is 0 Å². The van der Waals surface area contributed by atoms with Gasteiger partial charge in [0, 0.05) is 12.6 Å². The number of likely N-dealkylation sites (tertiary alicyclic amines) is 1. The van der Waals surface area contributed by atoms with Crippen LogP contribution in [0.25, 0.3) is 0 Å². The van der Waals surface area contributed by atoms with E-state index < -0.39 is 0 Å². The average Bonchev–Trinajstić information content (AvgIpc) is 2.77. The molecular weight excluding hydrogens is 222 g/mol. The van der Waals surface area contributed by atoms with Gasteiger partial charge in [-0.15, -0.1) is 0 Å². The third-order valence-electron chi connectivity index (χ3n) is 3.48.